The van der Waals surface area contributed by atoms with E-state index in [0.717, 1.165) is 37.7 Å². The van der Waals surface area contributed by atoms with Crippen LogP contribution < -0.4 is 0 Å². The van der Waals surface area contributed by atoms with Crippen molar-refractivity contribution in [1.29, 1.82) is 0 Å². The molecular formula is C27H42O5. The third-order valence-corrected chi connectivity index (χ3v) is 8.49. The highest BCUT2D eigenvalue weighted by Gasteiger charge is 2.51. The molecule has 3 aliphatic rings. The number of rotatable bonds is 6. The first kappa shape index (κ1) is 25.4. The Bertz CT molecular complexity index is 788. The van der Waals surface area contributed by atoms with Crippen molar-refractivity contribution < 1.29 is 25.2 Å². The summed E-state index contributed by atoms with van der Waals surface area (Å²) in [6, 6.07) is 0. The number of carbonyl (C=O) groups excluding carboxylic acids is 1. The van der Waals surface area contributed by atoms with Gasteiger partial charge in [-0.2, -0.15) is 0 Å². The number of ketones is 1. The van der Waals surface area contributed by atoms with E-state index in [0.29, 0.717) is 36.7 Å². The summed E-state index contributed by atoms with van der Waals surface area (Å²) in [5.41, 5.74) is 1.69. The molecule has 3 fully saturated rings. The van der Waals surface area contributed by atoms with Crippen LogP contribution in [-0.2, 0) is 4.79 Å². The summed E-state index contributed by atoms with van der Waals surface area (Å²) in [6.45, 7) is 11.4. The Morgan fingerprint density at radius 1 is 1.28 bits per heavy atom. The summed E-state index contributed by atoms with van der Waals surface area (Å²) in [5.74, 6) is 0.570. The molecule has 3 aliphatic carbocycles. The van der Waals surface area contributed by atoms with Gasteiger partial charge in [-0.3, -0.25) is 4.79 Å². The lowest BCUT2D eigenvalue weighted by atomic mass is 9.60. The van der Waals surface area contributed by atoms with E-state index in [-0.39, 0.29) is 11.3 Å². The molecule has 5 nitrogen and oxygen atoms in total. The molecule has 7 unspecified atom stereocenters. The van der Waals surface area contributed by atoms with E-state index in [1.807, 2.05) is 0 Å². The molecule has 0 radical (unpaired) electrons. The van der Waals surface area contributed by atoms with Gasteiger partial charge in [0.15, 0.2) is 5.78 Å². The van der Waals surface area contributed by atoms with Crippen molar-refractivity contribution in [2.24, 2.45) is 23.2 Å². The number of allylic oxidation sites excluding steroid dienone is 3. The molecule has 0 bridgehead atoms. The molecule has 0 heterocycles. The number of Topliss-reactive ketones (excluding diaryl/α,β-unsaturated/α-hetero) is 1. The van der Waals surface area contributed by atoms with E-state index in [9.17, 15) is 25.2 Å². The second-order valence-electron chi connectivity index (χ2n) is 11.3. The van der Waals surface area contributed by atoms with Crippen LogP contribution in [0.2, 0.25) is 0 Å². The number of hydrogen-bond donors (Lipinski definition) is 4. The van der Waals surface area contributed by atoms with E-state index >= 15 is 0 Å². The lowest BCUT2D eigenvalue weighted by Gasteiger charge is -2.44. The van der Waals surface area contributed by atoms with E-state index in [2.05, 4.69) is 32.6 Å². The molecule has 0 spiro atoms. The second kappa shape index (κ2) is 9.54. The quantitative estimate of drug-likeness (QED) is 0.497. The lowest BCUT2D eigenvalue weighted by molar-refractivity contribution is -0.144. The van der Waals surface area contributed by atoms with E-state index in [1.54, 1.807) is 0 Å². The van der Waals surface area contributed by atoms with Crippen LogP contribution >= 0.6 is 0 Å². The van der Waals surface area contributed by atoms with Crippen molar-refractivity contribution in [3.8, 4) is 0 Å². The van der Waals surface area contributed by atoms with Gasteiger partial charge in [-0.15, -0.1) is 0 Å². The molecule has 7 atom stereocenters. The fourth-order valence-electron chi connectivity index (χ4n) is 6.71. The first-order valence-corrected chi connectivity index (χ1v) is 12.2. The minimum absolute atomic E-state index is 0.127. The van der Waals surface area contributed by atoms with Crippen molar-refractivity contribution in [3.63, 3.8) is 0 Å². The number of fused-ring (bicyclic) bond motifs is 1. The average Bonchev–Trinajstić information content (AvgIpc) is 3.05. The van der Waals surface area contributed by atoms with Gasteiger partial charge in [0.2, 0.25) is 0 Å². The normalized spacial score (nSPS) is 38.1. The highest BCUT2D eigenvalue weighted by molar-refractivity contribution is 5.89. The van der Waals surface area contributed by atoms with Crippen LogP contribution in [0.5, 0.6) is 0 Å². The van der Waals surface area contributed by atoms with Crippen LogP contribution in [0.15, 0.2) is 35.5 Å². The third kappa shape index (κ3) is 5.11. The highest BCUT2D eigenvalue weighted by Crippen LogP contribution is 2.59. The Morgan fingerprint density at radius 2 is 1.97 bits per heavy atom. The predicted octanol–water partition coefficient (Wildman–Crippen LogP) is 3.85. The maximum Gasteiger partial charge on any atom is 0.192 e. The Balaban J connectivity index is 1.75. The first-order chi connectivity index (χ1) is 14.8. The molecule has 3 saturated carbocycles. The molecular weight excluding hydrogens is 404 g/mol. The largest absolute Gasteiger partial charge is 0.393 e. The zero-order valence-electron chi connectivity index (χ0n) is 20.2. The van der Waals surface area contributed by atoms with Crippen LogP contribution in [0.1, 0.15) is 79.1 Å². The van der Waals surface area contributed by atoms with Crippen molar-refractivity contribution in [2.45, 2.75) is 103 Å². The molecule has 0 saturated heterocycles. The van der Waals surface area contributed by atoms with Gasteiger partial charge in [0, 0.05) is 6.42 Å². The number of aliphatic hydroxyl groups is 4. The molecule has 0 aromatic heterocycles. The van der Waals surface area contributed by atoms with Gasteiger partial charge < -0.3 is 20.4 Å². The summed E-state index contributed by atoms with van der Waals surface area (Å²) >= 11 is 0. The maximum absolute atomic E-state index is 12.3. The summed E-state index contributed by atoms with van der Waals surface area (Å²) in [7, 11) is 0. The molecule has 0 amide bonds. The summed E-state index contributed by atoms with van der Waals surface area (Å²) in [4.78, 5) is 12.3. The van der Waals surface area contributed by atoms with Gasteiger partial charge in [-0.1, -0.05) is 38.2 Å². The van der Waals surface area contributed by atoms with Gasteiger partial charge in [0.25, 0.3) is 0 Å². The number of aliphatic hydroxyl groups excluding tert-OH is 3. The summed E-state index contributed by atoms with van der Waals surface area (Å²) in [5, 5.41) is 40.6. The minimum Gasteiger partial charge on any atom is -0.393 e. The van der Waals surface area contributed by atoms with Crippen molar-refractivity contribution in [2.75, 3.05) is 0 Å². The monoisotopic (exact) mass is 446 g/mol. The van der Waals surface area contributed by atoms with E-state index < -0.39 is 29.7 Å². The van der Waals surface area contributed by atoms with Crippen molar-refractivity contribution >= 4 is 5.78 Å². The Morgan fingerprint density at radius 3 is 2.62 bits per heavy atom. The van der Waals surface area contributed by atoms with Gasteiger partial charge in [0.05, 0.1) is 12.2 Å². The molecule has 180 valence electrons. The molecule has 3 rings (SSSR count). The highest BCUT2D eigenvalue weighted by atomic mass is 16.3. The summed E-state index contributed by atoms with van der Waals surface area (Å²) in [6.07, 6.45) is 8.69. The average molecular weight is 447 g/mol. The molecule has 0 aromatic carbocycles. The topological polar surface area (TPSA) is 98.0 Å². The fraction of sp³-hybridized carbons (Fsp3) is 0.741. The van der Waals surface area contributed by atoms with E-state index in [4.69, 9.17) is 0 Å². The smallest absolute Gasteiger partial charge is 0.192 e. The Hall–Kier alpha value is -1.27. The van der Waals surface area contributed by atoms with Crippen molar-refractivity contribution in [3.05, 3.63) is 35.5 Å². The predicted molar refractivity (Wildman–Crippen MR) is 126 cm³/mol. The lowest BCUT2D eigenvalue weighted by Crippen LogP contribution is -2.42. The SMILES string of the molecule is C=C1C(=CC=C2CCCC3(C)C2CCC3C(C)CC(O)C(=O)C(C)(C)O)CC(O)CC1O. The minimum atomic E-state index is -1.51. The van der Waals surface area contributed by atoms with Gasteiger partial charge in [-0.05, 0) is 93.1 Å². The zero-order chi connectivity index (χ0) is 23.8. The molecule has 4 N–H and O–H groups in total. The number of hydrogen-bond acceptors (Lipinski definition) is 5. The standard InChI is InChI=1S/C27H42O5/c1-16(13-24(30)25(31)26(3,4)32)21-10-11-22-18(7-6-12-27(21,22)5)8-9-19-14-20(28)15-23(29)17(19)2/h8-9,16,20-24,28-30,32H,2,6-7,10-15H2,1,3-5H3. The Labute approximate surface area is 192 Å². The molecule has 0 aromatic rings. The van der Waals surface area contributed by atoms with Gasteiger partial charge in [-0.25, -0.2) is 0 Å². The summed E-state index contributed by atoms with van der Waals surface area (Å²) < 4.78 is 0. The first-order valence-electron chi connectivity index (χ1n) is 12.2. The van der Waals surface area contributed by atoms with Crippen LogP contribution in [0.25, 0.3) is 0 Å². The third-order valence-electron chi connectivity index (χ3n) is 8.49. The van der Waals surface area contributed by atoms with Gasteiger partial charge >= 0.3 is 0 Å². The van der Waals surface area contributed by atoms with Crippen LogP contribution in [-0.4, -0.2) is 50.1 Å². The van der Waals surface area contributed by atoms with E-state index in [1.165, 1.54) is 19.4 Å². The van der Waals surface area contributed by atoms with Crippen LogP contribution in [0.4, 0.5) is 0 Å². The zero-order valence-corrected chi connectivity index (χ0v) is 20.2. The molecule has 32 heavy (non-hydrogen) atoms. The van der Waals surface area contributed by atoms with Crippen molar-refractivity contribution in [1.82, 2.24) is 0 Å². The molecule has 5 heteroatoms. The Kier molecular flexibility index (Phi) is 7.56. The second-order valence-corrected chi connectivity index (χ2v) is 11.3. The molecule has 0 aliphatic heterocycles. The van der Waals surface area contributed by atoms with Gasteiger partial charge in [0.1, 0.15) is 11.7 Å². The van der Waals surface area contributed by atoms with Crippen LogP contribution in [0.3, 0.4) is 0 Å². The fourth-order valence-corrected chi connectivity index (χ4v) is 6.71. The maximum atomic E-state index is 12.3. The van der Waals surface area contributed by atoms with Crippen LogP contribution in [0, 0.1) is 23.2 Å². The number of carbonyl (C=O) groups is 1.